The van der Waals surface area contributed by atoms with E-state index >= 15 is 0 Å². The fraction of sp³-hybridized carbons (Fsp3) is 0.538. The van der Waals surface area contributed by atoms with E-state index in [-0.39, 0.29) is 5.91 Å². The van der Waals surface area contributed by atoms with Gasteiger partial charge in [0.25, 0.3) is 5.91 Å². The van der Waals surface area contributed by atoms with Gasteiger partial charge >= 0.3 is 0 Å². The molecule has 0 bridgehead atoms. The van der Waals surface area contributed by atoms with Crippen LogP contribution in [-0.2, 0) is 0 Å². The molecule has 0 aromatic carbocycles. The van der Waals surface area contributed by atoms with Gasteiger partial charge in [-0.15, -0.1) is 0 Å². The summed E-state index contributed by atoms with van der Waals surface area (Å²) in [7, 11) is 0. The van der Waals surface area contributed by atoms with Crippen LogP contribution in [0, 0.1) is 6.92 Å². The van der Waals surface area contributed by atoms with Gasteiger partial charge in [-0.25, -0.2) is 0 Å². The Kier molecular flexibility index (Phi) is 4.09. The molecule has 2 rings (SSSR count). The van der Waals surface area contributed by atoms with Gasteiger partial charge < -0.3 is 10.6 Å². The number of rotatable bonds is 4. The summed E-state index contributed by atoms with van der Waals surface area (Å²) in [5.41, 5.74) is 1.56. The molecule has 92 valence electrons. The molecule has 2 N–H and O–H groups in total. The number of amides is 1. The zero-order valence-electron chi connectivity index (χ0n) is 10.2. The molecule has 4 nitrogen and oxygen atoms in total. The predicted molar refractivity (Wildman–Crippen MR) is 66.9 cm³/mol. The van der Waals surface area contributed by atoms with Crippen LogP contribution in [0.5, 0.6) is 0 Å². The number of nitrogens with one attached hydrogen (secondary N) is 2. The van der Waals surface area contributed by atoms with Gasteiger partial charge in [-0.3, -0.25) is 9.78 Å². The van der Waals surface area contributed by atoms with E-state index in [4.69, 9.17) is 0 Å². The Morgan fingerprint density at radius 1 is 1.59 bits per heavy atom. The minimum atomic E-state index is -0.0319. The van der Waals surface area contributed by atoms with Crippen molar-refractivity contribution in [2.24, 2.45) is 0 Å². The summed E-state index contributed by atoms with van der Waals surface area (Å²) in [5.74, 6) is -0.0319. The molecule has 1 aliphatic heterocycles. The number of carbonyl (C=O) groups is 1. The largest absolute Gasteiger partial charge is 0.352 e. The van der Waals surface area contributed by atoms with Crippen LogP contribution in [0.15, 0.2) is 18.3 Å². The van der Waals surface area contributed by atoms with Gasteiger partial charge in [-0.05, 0) is 44.9 Å². The van der Waals surface area contributed by atoms with Crippen LogP contribution in [0.1, 0.15) is 35.3 Å². The molecule has 0 saturated carbocycles. The number of aromatic nitrogens is 1. The van der Waals surface area contributed by atoms with Gasteiger partial charge in [0.2, 0.25) is 0 Å². The van der Waals surface area contributed by atoms with Crippen molar-refractivity contribution in [1.29, 1.82) is 0 Å². The summed E-state index contributed by atoms with van der Waals surface area (Å²) in [6.45, 7) is 3.75. The maximum atomic E-state index is 11.8. The van der Waals surface area contributed by atoms with E-state index in [9.17, 15) is 4.79 Å². The Labute approximate surface area is 102 Å². The Balaban J connectivity index is 1.75. The van der Waals surface area contributed by atoms with Gasteiger partial charge in [-0.2, -0.15) is 0 Å². The molecule has 4 heteroatoms. The van der Waals surface area contributed by atoms with Crippen LogP contribution in [0.3, 0.4) is 0 Å². The third-order valence-corrected chi connectivity index (χ3v) is 3.11. The number of aryl methyl sites for hydroxylation is 1. The standard InChI is InChI=1S/C13H19N3O/c1-10-4-5-11(9-16-10)13(17)15-8-6-12-3-2-7-14-12/h4-5,9,12,14H,2-3,6-8H2,1H3,(H,15,17)/t12-/m0/s1. The summed E-state index contributed by atoms with van der Waals surface area (Å²) in [4.78, 5) is 15.9. The summed E-state index contributed by atoms with van der Waals surface area (Å²) < 4.78 is 0. The third kappa shape index (κ3) is 3.53. The first-order valence-electron chi connectivity index (χ1n) is 6.20. The molecule has 1 aromatic rings. The van der Waals surface area contributed by atoms with Crippen molar-refractivity contribution in [1.82, 2.24) is 15.6 Å². The lowest BCUT2D eigenvalue weighted by molar-refractivity contribution is 0.0952. The van der Waals surface area contributed by atoms with Crippen molar-refractivity contribution in [2.45, 2.75) is 32.2 Å². The number of nitrogens with zero attached hydrogens (tertiary/aromatic N) is 1. The monoisotopic (exact) mass is 233 g/mol. The van der Waals surface area contributed by atoms with E-state index in [2.05, 4.69) is 15.6 Å². The Morgan fingerprint density at radius 3 is 3.12 bits per heavy atom. The molecule has 0 aliphatic carbocycles. The van der Waals surface area contributed by atoms with Gasteiger partial charge in [0.05, 0.1) is 5.56 Å². The van der Waals surface area contributed by atoms with Crippen LogP contribution in [0.25, 0.3) is 0 Å². The molecule has 1 aliphatic rings. The molecular formula is C13H19N3O. The molecule has 1 amide bonds. The highest BCUT2D eigenvalue weighted by Gasteiger charge is 2.13. The second-order valence-electron chi connectivity index (χ2n) is 4.53. The molecule has 0 radical (unpaired) electrons. The third-order valence-electron chi connectivity index (χ3n) is 3.11. The van der Waals surface area contributed by atoms with Gasteiger partial charge in [0, 0.05) is 24.5 Å². The normalized spacial score (nSPS) is 19.2. The molecule has 1 fully saturated rings. The average Bonchev–Trinajstić information content (AvgIpc) is 2.83. The first-order valence-corrected chi connectivity index (χ1v) is 6.20. The van der Waals surface area contributed by atoms with Crippen LogP contribution >= 0.6 is 0 Å². The van der Waals surface area contributed by atoms with Crippen molar-refractivity contribution in [3.05, 3.63) is 29.6 Å². The highest BCUT2D eigenvalue weighted by Crippen LogP contribution is 2.07. The minimum absolute atomic E-state index is 0.0319. The van der Waals surface area contributed by atoms with E-state index < -0.39 is 0 Å². The van der Waals surface area contributed by atoms with Crippen molar-refractivity contribution < 1.29 is 4.79 Å². The maximum absolute atomic E-state index is 11.8. The summed E-state index contributed by atoms with van der Waals surface area (Å²) in [5, 5.41) is 6.34. The second kappa shape index (κ2) is 5.77. The maximum Gasteiger partial charge on any atom is 0.252 e. The lowest BCUT2D eigenvalue weighted by atomic mass is 10.1. The lowest BCUT2D eigenvalue weighted by Crippen LogP contribution is -2.30. The van der Waals surface area contributed by atoms with Crippen molar-refractivity contribution in [3.8, 4) is 0 Å². The number of hydrogen-bond donors (Lipinski definition) is 2. The van der Waals surface area contributed by atoms with Gasteiger partial charge in [0.15, 0.2) is 0 Å². The highest BCUT2D eigenvalue weighted by molar-refractivity contribution is 5.93. The fourth-order valence-electron chi connectivity index (χ4n) is 2.07. The zero-order chi connectivity index (χ0) is 12.1. The minimum Gasteiger partial charge on any atom is -0.352 e. The number of hydrogen-bond acceptors (Lipinski definition) is 3. The number of pyridine rings is 1. The molecule has 2 heterocycles. The molecule has 1 atom stereocenters. The number of carbonyl (C=O) groups excluding carboxylic acids is 1. The van der Waals surface area contributed by atoms with E-state index in [1.807, 2.05) is 19.1 Å². The highest BCUT2D eigenvalue weighted by atomic mass is 16.1. The molecule has 17 heavy (non-hydrogen) atoms. The first kappa shape index (κ1) is 12.0. The summed E-state index contributed by atoms with van der Waals surface area (Å²) in [6, 6.07) is 4.24. The Morgan fingerprint density at radius 2 is 2.47 bits per heavy atom. The SMILES string of the molecule is Cc1ccc(C(=O)NCC[C@@H]2CCCN2)cn1. The molecule has 0 unspecified atom stereocenters. The fourth-order valence-corrected chi connectivity index (χ4v) is 2.07. The quantitative estimate of drug-likeness (QED) is 0.823. The van der Waals surface area contributed by atoms with Crippen LogP contribution in [0.4, 0.5) is 0 Å². The topological polar surface area (TPSA) is 54.0 Å². The van der Waals surface area contributed by atoms with Gasteiger partial charge in [-0.1, -0.05) is 0 Å². The Bertz CT molecular complexity index is 369. The van der Waals surface area contributed by atoms with Crippen molar-refractivity contribution >= 4 is 5.91 Å². The van der Waals surface area contributed by atoms with E-state index in [1.165, 1.54) is 12.8 Å². The Hall–Kier alpha value is -1.42. The average molecular weight is 233 g/mol. The van der Waals surface area contributed by atoms with E-state index in [0.717, 1.165) is 25.2 Å². The smallest absolute Gasteiger partial charge is 0.252 e. The summed E-state index contributed by atoms with van der Waals surface area (Å²) in [6.07, 6.45) is 5.10. The predicted octanol–water partition coefficient (Wildman–Crippen LogP) is 1.26. The zero-order valence-corrected chi connectivity index (χ0v) is 10.2. The molecular weight excluding hydrogens is 214 g/mol. The van der Waals surface area contributed by atoms with E-state index in [1.54, 1.807) is 6.20 Å². The van der Waals surface area contributed by atoms with Crippen molar-refractivity contribution in [3.63, 3.8) is 0 Å². The summed E-state index contributed by atoms with van der Waals surface area (Å²) >= 11 is 0. The van der Waals surface area contributed by atoms with Crippen LogP contribution in [0.2, 0.25) is 0 Å². The van der Waals surface area contributed by atoms with Gasteiger partial charge in [0.1, 0.15) is 0 Å². The van der Waals surface area contributed by atoms with E-state index in [0.29, 0.717) is 11.6 Å². The first-order chi connectivity index (χ1) is 8.25. The molecule has 0 spiro atoms. The van der Waals surface area contributed by atoms with Crippen LogP contribution in [-0.4, -0.2) is 30.0 Å². The molecule has 1 saturated heterocycles. The van der Waals surface area contributed by atoms with Crippen LogP contribution < -0.4 is 10.6 Å². The molecule has 1 aromatic heterocycles. The van der Waals surface area contributed by atoms with Crippen molar-refractivity contribution in [2.75, 3.05) is 13.1 Å². The second-order valence-corrected chi connectivity index (χ2v) is 4.53. The lowest BCUT2D eigenvalue weighted by Gasteiger charge is -2.10.